The van der Waals surface area contributed by atoms with E-state index >= 15 is 0 Å². The SMILES string of the molecule is CC(CNS(N)(=O)=O)C(=O)OCc1ccccc1. The van der Waals surface area contributed by atoms with Crippen LogP contribution in [0.5, 0.6) is 0 Å². The fourth-order valence-corrected chi connectivity index (χ4v) is 1.68. The van der Waals surface area contributed by atoms with E-state index in [4.69, 9.17) is 9.88 Å². The maximum atomic E-state index is 11.5. The number of carbonyl (C=O) groups is 1. The molecule has 0 aliphatic rings. The fraction of sp³-hybridized carbons (Fsp3) is 0.364. The molecule has 0 radical (unpaired) electrons. The van der Waals surface area contributed by atoms with Gasteiger partial charge in [0.1, 0.15) is 6.61 Å². The monoisotopic (exact) mass is 272 g/mol. The van der Waals surface area contributed by atoms with Crippen LogP contribution in [-0.4, -0.2) is 20.9 Å². The maximum Gasteiger partial charge on any atom is 0.310 e. The third kappa shape index (κ3) is 5.76. The highest BCUT2D eigenvalue weighted by atomic mass is 32.2. The minimum atomic E-state index is -3.78. The number of hydrogen-bond donors (Lipinski definition) is 2. The van der Waals surface area contributed by atoms with E-state index in [9.17, 15) is 13.2 Å². The number of esters is 1. The Morgan fingerprint density at radius 1 is 1.39 bits per heavy atom. The summed E-state index contributed by atoms with van der Waals surface area (Å²) >= 11 is 0. The molecule has 0 saturated heterocycles. The molecule has 1 aromatic rings. The van der Waals surface area contributed by atoms with Crippen molar-refractivity contribution in [3.63, 3.8) is 0 Å². The lowest BCUT2D eigenvalue weighted by Crippen LogP contribution is -2.36. The van der Waals surface area contributed by atoms with Crippen LogP contribution in [0.2, 0.25) is 0 Å². The first-order valence-electron chi connectivity index (χ1n) is 5.36. The summed E-state index contributed by atoms with van der Waals surface area (Å²) in [5.41, 5.74) is 0.873. The molecule has 18 heavy (non-hydrogen) atoms. The zero-order valence-corrected chi connectivity index (χ0v) is 10.8. The Kier molecular flexibility index (Phi) is 5.26. The first kappa shape index (κ1) is 14.6. The number of rotatable bonds is 6. The Bertz CT molecular complexity index is 487. The van der Waals surface area contributed by atoms with Gasteiger partial charge in [-0.15, -0.1) is 0 Å². The molecule has 100 valence electrons. The molecule has 1 unspecified atom stereocenters. The minimum Gasteiger partial charge on any atom is -0.461 e. The van der Waals surface area contributed by atoms with E-state index in [0.717, 1.165) is 5.56 Å². The second-order valence-electron chi connectivity index (χ2n) is 3.89. The van der Waals surface area contributed by atoms with Gasteiger partial charge in [0.05, 0.1) is 5.92 Å². The number of benzene rings is 1. The van der Waals surface area contributed by atoms with Gasteiger partial charge >= 0.3 is 5.97 Å². The van der Waals surface area contributed by atoms with Crippen molar-refractivity contribution in [2.45, 2.75) is 13.5 Å². The number of nitrogens with two attached hydrogens (primary N) is 1. The van der Waals surface area contributed by atoms with E-state index < -0.39 is 22.1 Å². The second-order valence-corrected chi connectivity index (χ2v) is 5.27. The molecule has 6 nitrogen and oxygen atoms in total. The van der Waals surface area contributed by atoms with Crippen LogP contribution in [0.3, 0.4) is 0 Å². The quantitative estimate of drug-likeness (QED) is 0.721. The normalized spacial score (nSPS) is 13.0. The predicted molar refractivity (Wildman–Crippen MR) is 66.5 cm³/mol. The first-order valence-corrected chi connectivity index (χ1v) is 6.91. The third-order valence-corrected chi connectivity index (χ3v) is 2.79. The van der Waals surface area contributed by atoms with Crippen molar-refractivity contribution in [1.82, 2.24) is 4.72 Å². The number of nitrogens with one attached hydrogen (secondary N) is 1. The van der Waals surface area contributed by atoms with Gasteiger partial charge in [0, 0.05) is 6.54 Å². The number of hydrogen-bond acceptors (Lipinski definition) is 4. The number of carbonyl (C=O) groups excluding carboxylic acids is 1. The fourth-order valence-electron chi connectivity index (χ4n) is 1.20. The van der Waals surface area contributed by atoms with E-state index in [1.807, 2.05) is 35.1 Å². The van der Waals surface area contributed by atoms with Crippen LogP contribution in [0.15, 0.2) is 30.3 Å². The summed E-state index contributed by atoms with van der Waals surface area (Å²) in [6.45, 7) is 1.65. The van der Waals surface area contributed by atoms with Crippen molar-refractivity contribution >= 4 is 16.2 Å². The largest absolute Gasteiger partial charge is 0.461 e. The van der Waals surface area contributed by atoms with Crippen LogP contribution < -0.4 is 9.86 Å². The van der Waals surface area contributed by atoms with Gasteiger partial charge in [-0.25, -0.2) is 9.86 Å². The van der Waals surface area contributed by atoms with Crippen molar-refractivity contribution in [2.24, 2.45) is 11.1 Å². The van der Waals surface area contributed by atoms with E-state index in [1.54, 1.807) is 6.92 Å². The Morgan fingerprint density at radius 3 is 2.56 bits per heavy atom. The molecular weight excluding hydrogens is 256 g/mol. The summed E-state index contributed by atoms with van der Waals surface area (Å²) in [6, 6.07) is 9.22. The maximum absolute atomic E-state index is 11.5. The minimum absolute atomic E-state index is 0.0769. The smallest absolute Gasteiger partial charge is 0.310 e. The predicted octanol–water partition coefficient (Wildman–Crippen LogP) is 0.159. The van der Waals surface area contributed by atoms with Crippen LogP contribution in [0.4, 0.5) is 0 Å². The van der Waals surface area contributed by atoms with Crippen LogP contribution >= 0.6 is 0 Å². The van der Waals surface area contributed by atoms with Crippen LogP contribution in [0.1, 0.15) is 12.5 Å². The van der Waals surface area contributed by atoms with Gasteiger partial charge in [-0.05, 0) is 5.56 Å². The average Bonchev–Trinajstić information content (AvgIpc) is 2.33. The molecule has 0 aliphatic heterocycles. The topological polar surface area (TPSA) is 98.5 Å². The molecule has 1 aromatic carbocycles. The molecule has 7 heteroatoms. The zero-order chi connectivity index (χ0) is 13.6. The molecule has 0 amide bonds. The summed E-state index contributed by atoms with van der Waals surface area (Å²) in [7, 11) is -3.78. The molecular formula is C11H16N2O4S. The Labute approximate surface area is 106 Å². The van der Waals surface area contributed by atoms with Gasteiger partial charge in [-0.1, -0.05) is 37.3 Å². The Morgan fingerprint density at radius 2 is 2.00 bits per heavy atom. The number of ether oxygens (including phenoxy) is 1. The highest BCUT2D eigenvalue weighted by molar-refractivity contribution is 7.87. The summed E-state index contributed by atoms with van der Waals surface area (Å²) in [5.74, 6) is -1.07. The van der Waals surface area contributed by atoms with E-state index in [-0.39, 0.29) is 13.2 Å². The molecule has 0 saturated carbocycles. The van der Waals surface area contributed by atoms with Gasteiger partial charge in [0.2, 0.25) is 0 Å². The second kappa shape index (κ2) is 6.48. The molecule has 0 bridgehead atoms. The lowest BCUT2D eigenvalue weighted by Gasteiger charge is -2.11. The van der Waals surface area contributed by atoms with Gasteiger partial charge in [0.15, 0.2) is 0 Å². The lowest BCUT2D eigenvalue weighted by atomic mass is 10.2. The standard InChI is InChI=1S/C11H16N2O4S/c1-9(7-13-18(12,15)16)11(14)17-8-10-5-3-2-4-6-10/h2-6,9,13H,7-8H2,1H3,(H2,12,15,16). The Hall–Kier alpha value is -1.44. The summed E-state index contributed by atoms with van der Waals surface area (Å²) in [6.07, 6.45) is 0. The molecule has 0 heterocycles. The zero-order valence-electron chi connectivity index (χ0n) is 10.00. The van der Waals surface area contributed by atoms with Gasteiger partial charge < -0.3 is 4.74 Å². The molecule has 3 N–H and O–H groups in total. The van der Waals surface area contributed by atoms with Crippen molar-refractivity contribution in [2.75, 3.05) is 6.54 Å². The van der Waals surface area contributed by atoms with Crippen LogP contribution in [-0.2, 0) is 26.3 Å². The van der Waals surface area contributed by atoms with Crippen molar-refractivity contribution < 1.29 is 17.9 Å². The Balaban J connectivity index is 2.37. The van der Waals surface area contributed by atoms with Crippen molar-refractivity contribution in [3.05, 3.63) is 35.9 Å². The molecule has 0 fully saturated rings. The first-order chi connectivity index (χ1) is 8.38. The van der Waals surface area contributed by atoms with Crippen LogP contribution in [0, 0.1) is 5.92 Å². The molecule has 0 aromatic heterocycles. The highest BCUT2D eigenvalue weighted by Gasteiger charge is 2.16. The summed E-state index contributed by atoms with van der Waals surface area (Å²) in [4.78, 5) is 11.5. The van der Waals surface area contributed by atoms with Gasteiger partial charge in [-0.3, -0.25) is 4.79 Å². The summed E-state index contributed by atoms with van der Waals surface area (Å²) < 4.78 is 28.4. The average molecular weight is 272 g/mol. The van der Waals surface area contributed by atoms with E-state index in [0.29, 0.717) is 0 Å². The molecule has 0 aliphatic carbocycles. The lowest BCUT2D eigenvalue weighted by molar-refractivity contribution is -0.149. The van der Waals surface area contributed by atoms with Crippen LogP contribution in [0.25, 0.3) is 0 Å². The van der Waals surface area contributed by atoms with E-state index in [1.165, 1.54) is 0 Å². The van der Waals surface area contributed by atoms with Gasteiger partial charge in [-0.2, -0.15) is 8.42 Å². The molecule has 1 atom stereocenters. The van der Waals surface area contributed by atoms with Gasteiger partial charge in [0.25, 0.3) is 10.2 Å². The van der Waals surface area contributed by atoms with Crippen molar-refractivity contribution in [1.29, 1.82) is 0 Å². The van der Waals surface area contributed by atoms with E-state index in [2.05, 4.69) is 0 Å². The van der Waals surface area contributed by atoms with Crippen molar-refractivity contribution in [3.8, 4) is 0 Å². The molecule has 0 spiro atoms. The molecule has 1 rings (SSSR count). The third-order valence-electron chi connectivity index (χ3n) is 2.22. The summed E-state index contributed by atoms with van der Waals surface area (Å²) in [5, 5.41) is 4.76. The highest BCUT2D eigenvalue weighted by Crippen LogP contribution is 2.04.